The second-order valence-corrected chi connectivity index (χ2v) is 4.44. The lowest BCUT2D eigenvalue weighted by Crippen LogP contribution is -2.19. The van der Waals surface area contributed by atoms with Crippen molar-refractivity contribution < 1.29 is 27.4 Å². The van der Waals surface area contributed by atoms with Crippen molar-refractivity contribution in [1.29, 1.82) is 0 Å². The Morgan fingerprint density at radius 2 is 2.21 bits per heavy atom. The van der Waals surface area contributed by atoms with Crippen LogP contribution in [0.2, 0.25) is 0 Å². The van der Waals surface area contributed by atoms with Gasteiger partial charge >= 0.3 is 12.1 Å². The van der Waals surface area contributed by atoms with Gasteiger partial charge in [-0.15, -0.1) is 0 Å². The van der Waals surface area contributed by atoms with Crippen molar-refractivity contribution in [3.63, 3.8) is 0 Å². The molecule has 7 heteroatoms. The third-order valence-electron chi connectivity index (χ3n) is 2.65. The molecule has 0 aromatic carbocycles. The number of carbonyl (C=O) groups excluding carboxylic acids is 1. The van der Waals surface area contributed by atoms with Gasteiger partial charge in [0.15, 0.2) is 6.61 Å². The highest BCUT2D eigenvalue weighted by molar-refractivity contribution is 5.89. The Morgan fingerprint density at radius 1 is 1.53 bits per heavy atom. The molecule has 0 saturated heterocycles. The Bertz CT molecular complexity index is 476. The van der Waals surface area contributed by atoms with Crippen LogP contribution in [-0.4, -0.2) is 29.8 Å². The molecule has 0 bridgehead atoms. The zero-order valence-corrected chi connectivity index (χ0v) is 10.1. The number of pyridine rings is 1. The van der Waals surface area contributed by atoms with E-state index in [1.807, 2.05) is 6.92 Å². The van der Waals surface area contributed by atoms with E-state index in [0.29, 0.717) is 5.92 Å². The lowest BCUT2D eigenvalue weighted by atomic mass is 10.3. The predicted molar refractivity (Wildman–Crippen MR) is 58.8 cm³/mol. The van der Waals surface area contributed by atoms with E-state index < -0.39 is 18.8 Å². The van der Waals surface area contributed by atoms with Crippen LogP contribution in [0.1, 0.15) is 23.7 Å². The van der Waals surface area contributed by atoms with Gasteiger partial charge in [0.2, 0.25) is 5.88 Å². The van der Waals surface area contributed by atoms with Crippen LogP contribution in [0, 0.1) is 5.92 Å². The summed E-state index contributed by atoms with van der Waals surface area (Å²) < 4.78 is 45.5. The molecule has 1 aliphatic rings. The van der Waals surface area contributed by atoms with E-state index in [4.69, 9.17) is 4.74 Å². The number of aromatic nitrogens is 1. The van der Waals surface area contributed by atoms with E-state index in [1.54, 1.807) is 0 Å². The number of carbonyl (C=O) groups is 1. The maximum atomic E-state index is 12.0. The van der Waals surface area contributed by atoms with Crippen molar-refractivity contribution in [2.24, 2.45) is 5.92 Å². The minimum Gasteiger partial charge on any atom is -0.468 e. The van der Waals surface area contributed by atoms with Gasteiger partial charge in [-0.1, -0.05) is 6.92 Å². The van der Waals surface area contributed by atoms with Gasteiger partial charge in [-0.2, -0.15) is 13.2 Å². The quantitative estimate of drug-likeness (QED) is 0.792. The Kier molecular flexibility index (Phi) is 3.64. The van der Waals surface area contributed by atoms with Crippen LogP contribution in [0.4, 0.5) is 13.2 Å². The summed E-state index contributed by atoms with van der Waals surface area (Å²) in [7, 11) is 0. The number of alkyl halides is 3. The van der Waals surface area contributed by atoms with E-state index in [0.717, 1.165) is 12.5 Å². The van der Waals surface area contributed by atoms with Gasteiger partial charge in [0, 0.05) is 12.3 Å². The van der Waals surface area contributed by atoms with Crippen molar-refractivity contribution in [3.8, 4) is 5.88 Å². The van der Waals surface area contributed by atoms with E-state index in [9.17, 15) is 18.0 Å². The minimum atomic E-state index is -4.44. The number of hydrogen-bond donors (Lipinski definition) is 0. The van der Waals surface area contributed by atoms with Crippen LogP contribution in [0.3, 0.4) is 0 Å². The standard InChI is InChI=1S/C12H12F3NO3/c1-7-4-9(7)19-11(17)8-2-3-16-10(5-8)18-6-12(13,14)15/h2-3,5,7,9H,4,6H2,1H3. The summed E-state index contributed by atoms with van der Waals surface area (Å²) in [4.78, 5) is 15.3. The van der Waals surface area contributed by atoms with Gasteiger partial charge in [-0.25, -0.2) is 9.78 Å². The number of esters is 1. The van der Waals surface area contributed by atoms with E-state index in [2.05, 4.69) is 9.72 Å². The molecule has 2 unspecified atom stereocenters. The average molecular weight is 275 g/mol. The summed E-state index contributed by atoms with van der Waals surface area (Å²) in [5.41, 5.74) is 0.131. The Balaban J connectivity index is 1.96. The van der Waals surface area contributed by atoms with Crippen LogP contribution in [0.25, 0.3) is 0 Å². The minimum absolute atomic E-state index is 0.0970. The Labute approximate surface area is 107 Å². The molecule has 0 radical (unpaired) electrons. The van der Waals surface area contributed by atoms with E-state index in [-0.39, 0.29) is 17.5 Å². The second kappa shape index (κ2) is 5.07. The second-order valence-electron chi connectivity index (χ2n) is 4.44. The fourth-order valence-electron chi connectivity index (χ4n) is 1.43. The lowest BCUT2D eigenvalue weighted by molar-refractivity contribution is -0.154. The molecule has 0 amide bonds. The van der Waals surface area contributed by atoms with Crippen LogP contribution in [0.5, 0.6) is 5.88 Å². The normalized spacial score (nSPS) is 21.9. The van der Waals surface area contributed by atoms with Crippen molar-refractivity contribution >= 4 is 5.97 Å². The highest BCUT2D eigenvalue weighted by Gasteiger charge is 2.36. The molecule has 0 N–H and O–H groups in total. The van der Waals surface area contributed by atoms with Crippen molar-refractivity contribution in [2.45, 2.75) is 25.6 Å². The number of ether oxygens (including phenoxy) is 2. The molecule has 1 aromatic heterocycles. The van der Waals surface area contributed by atoms with Crippen LogP contribution in [-0.2, 0) is 4.74 Å². The lowest BCUT2D eigenvalue weighted by Gasteiger charge is -2.09. The molecule has 1 aliphatic carbocycles. The van der Waals surface area contributed by atoms with Gasteiger partial charge in [0.25, 0.3) is 0 Å². The van der Waals surface area contributed by atoms with Crippen molar-refractivity contribution in [3.05, 3.63) is 23.9 Å². The predicted octanol–water partition coefficient (Wildman–Crippen LogP) is 2.59. The molecule has 4 nitrogen and oxygen atoms in total. The average Bonchev–Trinajstić information content (AvgIpc) is 3.02. The maximum absolute atomic E-state index is 12.0. The van der Waals surface area contributed by atoms with Gasteiger partial charge in [0.1, 0.15) is 6.10 Å². The SMILES string of the molecule is CC1CC1OC(=O)c1ccnc(OCC(F)(F)F)c1. The largest absolute Gasteiger partial charge is 0.468 e. The first kappa shape index (κ1) is 13.6. The zero-order chi connectivity index (χ0) is 14.0. The van der Waals surface area contributed by atoms with Gasteiger partial charge < -0.3 is 9.47 Å². The molecular formula is C12H12F3NO3. The first-order valence-electron chi connectivity index (χ1n) is 5.72. The molecule has 104 valence electrons. The maximum Gasteiger partial charge on any atom is 0.422 e. The number of hydrogen-bond acceptors (Lipinski definition) is 4. The first-order valence-corrected chi connectivity index (χ1v) is 5.72. The van der Waals surface area contributed by atoms with Crippen LogP contribution in [0.15, 0.2) is 18.3 Å². The monoisotopic (exact) mass is 275 g/mol. The molecule has 0 aliphatic heterocycles. The highest BCUT2D eigenvalue weighted by Crippen LogP contribution is 2.33. The van der Waals surface area contributed by atoms with Gasteiger partial charge in [0.05, 0.1) is 5.56 Å². The molecule has 1 heterocycles. The molecule has 2 rings (SSSR count). The van der Waals surface area contributed by atoms with Crippen molar-refractivity contribution in [2.75, 3.05) is 6.61 Å². The van der Waals surface area contributed by atoms with Crippen molar-refractivity contribution in [1.82, 2.24) is 4.98 Å². The highest BCUT2D eigenvalue weighted by atomic mass is 19.4. The third-order valence-corrected chi connectivity index (χ3v) is 2.65. The smallest absolute Gasteiger partial charge is 0.422 e. The number of rotatable bonds is 4. The molecule has 2 atom stereocenters. The van der Waals surface area contributed by atoms with Gasteiger partial charge in [-0.05, 0) is 18.4 Å². The summed E-state index contributed by atoms with van der Waals surface area (Å²) in [5, 5.41) is 0. The summed E-state index contributed by atoms with van der Waals surface area (Å²) in [6, 6.07) is 2.51. The number of halogens is 3. The summed E-state index contributed by atoms with van der Waals surface area (Å²) in [6.07, 6.45) is -2.52. The number of nitrogens with zero attached hydrogens (tertiary/aromatic N) is 1. The Morgan fingerprint density at radius 3 is 2.79 bits per heavy atom. The first-order chi connectivity index (χ1) is 8.85. The Hall–Kier alpha value is -1.79. The van der Waals surface area contributed by atoms with Crippen LogP contribution >= 0.6 is 0 Å². The third kappa shape index (κ3) is 4.11. The molecule has 19 heavy (non-hydrogen) atoms. The molecule has 1 fully saturated rings. The summed E-state index contributed by atoms with van der Waals surface area (Å²) in [5.74, 6) is -0.490. The van der Waals surface area contributed by atoms with Crippen LogP contribution < -0.4 is 4.74 Å². The van der Waals surface area contributed by atoms with E-state index >= 15 is 0 Å². The topological polar surface area (TPSA) is 48.4 Å². The van der Waals surface area contributed by atoms with Gasteiger partial charge in [-0.3, -0.25) is 0 Å². The fourth-order valence-corrected chi connectivity index (χ4v) is 1.43. The summed E-state index contributed by atoms with van der Waals surface area (Å²) >= 11 is 0. The van der Waals surface area contributed by atoms with E-state index in [1.165, 1.54) is 12.3 Å². The molecule has 0 spiro atoms. The fraction of sp³-hybridized carbons (Fsp3) is 0.500. The molecular weight excluding hydrogens is 263 g/mol. The molecule has 1 aromatic rings. The summed E-state index contributed by atoms with van der Waals surface area (Å²) in [6.45, 7) is 0.501. The zero-order valence-electron chi connectivity index (χ0n) is 10.1. The molecule has 1 saturated carbocycles.